The molecule has 0 radical (unpaired) electrons. The minimum Gasteiger partial charge on any atom is -0.464 e. The molecule has 5 nitrogen and oxygen atoms in total. The van der Waals surface area contributed by atoms with E-state index in [0.29, 0.717) is 5.56 Å². The first-order valence-electron chi connectivity index (χ1n) is 7.61. The van der Waals surface area contributed by atoms with Crippen LogP contribution in [0, 0.1) is 0 Å². The van der Waals surface area contributed by atoms with Gasteiger partial charge < -0.3 is 9.26 Å². The average Bonchev–Trinajstić information content (AvgIpc) is 3.10. The van der Waals surface area contributed by atoms with E-state index in [0.717, 1.165) is 5.56 Å². The van der Waals surface area contributed by atoms with Crippen LogP contribution >= 0.6 is 0 Å². The Balaban J connectivity index is 2.04. The molecule has 0 spiro atoms. The van der Waals surface area contributed by atoms with Gasteiger partial charge >= 0.3 is 5.97 Å². The van der Waals surface area contributed by atoms with Crippen molar-refractivity contribution in [2.75, 3.05) is 7.11 Å². The molecule has 0 aliphatic rings. The van der Waals surface area contributed by atoms with Gasteiger partial charge in [-0.2, -0.15) is 0 Å². The lowest BCUT2D eigenvalue weighted by Crippen LogP contribution is -2.11. The van der Waals surface area contributed by atoms with E-state index in [1.807, 2.05) is 36.4 Å². The average molecular weight is 333 g/mol. The van der Waals surface area contributed by atoms with Crippen molar-refractivity contribution in [1.82, 2.24) is 5.16 Å². The molecule has 124 valence electrons. The Bertz CT molecular complexity index is 911. The van der Waals surface area contributed by atoms with Crippen molar-refractivity contribution in [3.05, 3.63) is 88.8 Å². The number of carbonyl (C=O) groups excluding carboxylic acids is 2. The van der Waals surface area contributed by atoms with Gasteiger partial charge in [-0.15, -0.1) is 0 Å². The summed E-state index contributed by atoms with van der Waals surface area (Å²) in [5.41, 5.74) is 1.32. The Kier molecular flexibility index (Phi) is 4.85. The molecule has 25 heavy (non-hydrogen) atoms. The van der Waals surface area contributed by atoms with Gasteiger partial charge in [-0.1, -0.05) is 71.9 Å². The van der Waals surface area contributed by atoms with E-state index in [-0.39, 0.29) is 22.8 Å². The van der Waals surface area contributed by atoms with Crippen LogP contribution in [0.2, 0.25) is 0 Å². The second-order valence-corrected chi connectivity index (χ2v) is 5.20. The van der Waals surface area contributed by atoms with Crippen molar-refractivity contribution in [2.24, 2.45) is 0 Å². The number of esters is 1. The molecule has 0 unspecified atom stereocenters. The summed E-state index contributed by atoms with van der Waals surface area (Å²) in [4.78, 5) is 24.8. The van der Waals surface area contributed by atoms with E-state index in [2.05, 4.69) is 5.16 Å². The minimum absolute atomic E-state index is 0.0882. The summed E-state index contributed by atoms with van der Waals surface area (Å²) in [5.74, 6) is -0.865. The maximum Gasteiger partial charge on any atom is 0.361 e. The molecule has 0 fully saturated rings. The van der Waals surface area contributed by atoms with Gasteiger partial charge in [-0.25, -0.2) is 4.79 Å². The zero-order valence-electron chi connectivity index (χ0n) is 13.5. The predicted molar refractivity (Wildman–Crippen MR) is 93.1 cm³/mol. The lowest BCUT2D eigenvalue weighted by molar-refractivity contribution is 0.0586. The zero-order valence-corrected chi connectivity index (χ0v) is 13.5. The highest BCUT2D eigenvalue weighted by Crippen LogP contribution is 2.22. The number of rotatable bonds is 5. The summed E-state index contributed by atoms with van der Waals surface area (Å²) in [5, 5.41) is 3.72. The first-order chi connectivity index (χ1) is 12.2. The van der Waals surface area contributed by atoms with Crippen LogP contribution < -0.4 is 0 Å². The molecule has 0 saturated heterocycles. The number of methoxy groups -OCH3 is 1. The van der Waals surface area contributed by atoms with Crippen LogP contribution in [0.25, 0.3) is 12.2 Å². The molecule has 3 rings (SSSR count). The molecular weight excluding hydrogens is 318 g/mol. The van der Waals surface area contributed by atoms with Crippen LogP contribution in [-0.2, 0) is 4.74 Å². The van der Waals surface area contributed by atoms with Crippen molar-refractivity contribution < 1.29 is 18.8 Å². The van der Waals surface area contributed by atoms with Crippen LogP contribution in [0.1, 0.15) is 37.7 Å². The van der Waals surface area contributed by atoms with Crippen molar-refractivity contribution in [2.45, 2.75) is 0 Å². The van der Waals surface area contributed by atoms with Gasteiger partial charge in [0.25, 0.3) is 0 Å². The fourth-order valence-corrected chi connectivity index (χ4v) is 2.34. The molecule has 0 bridgehead atoms. The Morgan fingerprint density at radius 3 is 2.24 bits per heavy atom. The zero-order chi connectivity index (χ0) is 17.6. The van der Waals surface area contributed by atoms with Crippen LogP contribution in [0.3, 0.4) is 0 Å². The van der Waals surface area contributed by atoms with Crippen LogP contribution in [0.15, 0.2) is 65.2 Å². The molecule has 1 heterocycles. The molecule has 5 heteroatoms. The predicted octanol–water partition coefficient (Wildman–Crippen LogP) is 3.86. The molecule has 0 amide bonds. The molecular formula is C20H15NO4. The minimum atomic E-state index is -0.720. The highest BCUT2D eigenvalue weighted by Gasteiger charge is 2.27. The van der Waals surface area contributed by atoms with Gasteiger partial charge in [0.05, 0.1) is 7.11 Å². The Morgan fingerprint density at radius 2 is 1.60 bits per heavy atom. The summed E-state index contributed by atoms with van der Waals surface area (Å²) < 4.78 is 9.93. The van der Waals surface area contributed by atoms with E-state index in [4.69, 9.17) is 9.26 Å². The van der Waals surface area contributed by atoms with Crippen LogP contribution in [0.5, 0.6) is 0 Å². The number of ketones is 1. The number of aromatic nitrogens is 1. The van der Waals surface area contributed by atoms with Gasteiger partial charge in [0.15, 0.2) is 11.5 Å². The third-order valence-corrected chi connectivity index (χ3v) is 3.59. The molecule has 0 aliphatic heterocycles. The lowest BCUT2D eigenvalue weighted by atomic mass is 10.0. The van der Waals surface area contributed by atoms with Gasteiger partial charge in [0.1, 0.15) is 5.56 Å². The number of ether oxygens (including phenoxy) is 1. The van der Waals surface area contributed by atoms with Crippen molar-refractivity contribution in [3.63, 3.8) is 0 Å². The molecule has 0 aliphatic carbocycles. The highest BCUT2D eigenvalue weighted by atomic mass is 16.5. The van der Waals surface area contributed by atoms with Gasteiger partial charge in [-0.05, 0) is 11.6 Å². The largest absolute Gasteiger partial charge is 0.464 e. The Morgan fingerprint density at radius 1 is 0.960 bits per heavy atom. The second-order valence-electron chi connectivity index (χ2n) is 5.20. The third kappa shape index (κ3) is 3.55. The highest BCUT2D eigenvalue weighted by molar-refractivity contribution is 6.15. The Hall–Kier alpha value is -3.47. The maximum atomic E-state index is 12.8. The fraction of sp³-hybridized carbons (Fsp3) is 0.0500. The van der Waals surface area contributed by atoms with Crippen LogP contribution in [-0.4, -0.2) is 24.0 Å². The first kappa shape index (κ1) is 16.4. The van der Waals surface area contributed by atoms with E-state index in [9.17, 15) is 9.59 Å². The molecule has 0 atom stereocenters. The molecule has 2 aromatic carbocycles. The smallest absolute Gasteiger partial charge is 0.361 e. The summed E-state index contributed by atoms with van der Waals surface area (Å²) in [7, 11) is 1.23. The van der Waals surface area contributed by atoms with Crippen LogP contribution in [0.4, 0.5) is 0 Å². The quantitative estimate of drug-likeness (QED) is 0.524. The molecule has 1 aromatic heterocycles. The monoisotopic (exact) mass is 333 g/mol. The van der Waals surface area contributed by atoms with E-state index >= 15 is 0 Å². The molecule has 0 saturated carbocycles. The first-order valence-corrected chi connectivity index (χ1v) is 7.61. The maximum absolute atomic E-state index is 12.8. The summed E-state index contributed by atoms with van der Waals surface area (Å²) in [6.07, 6.45) is 3.40. The van der Waals surface area contributed by atoms with Crippen molar-refractivity contribution >= 4 is 23.9 Å². The second kappa shape index (κ2) is 7.40. The fourth-order valence-electron chi connectivity index (χ4n) is 2.34. The number of benzene rings is 2. The summed E-state index contributed by atoms with van der Waals surface area (Å²) in [6, 6.07) is 18.2. The number of hydrogen-bond acceptors (Lipinski definition) is 5. The van der Waals surface area contributed by atoms with Crippen molar-refractivity contribution in [3.8, 4) is 0 Å². The van der Waals surface area contributed by atoms with E-state index in [1.165, 1.54) is 7.11 Å². The summed E-state index contributed by atoms with van der Waals surface area (Å²) >= 11 is 0. The lowest BCUT2D eigenvalue weighted by Gasteiger charge is -2.01. The molecule has 0 N–H and O–H groups in total. The number of carbonyl (C=O) groups is 2. The van der Waals surface area contributed by atoms with Gasteiger partial charge in [-0.3, -0.25) is 4.79 Å². The third-order valence-electron chi connectivity index (χ3n) is 3.59. The van der Waals surface area contributed by atoms with Gasteiger partial charge in [0.2, 0.25) is 5.69 Å². The standard InChI is InChI=1S/C20H15NO4/c1-24-20(23)18-17(19(22)15-10-6-3-7-11-15)16(25-21-18)13-12-14-8-4-2-5-9-14/h2-13H,1H3/b13-12+. The number of nitrogens with zero attached hydrogens (tertiary/aromatic N) is 1. The van der Waals surface area contributed by atoms with E-state index in [1.54, 1.807) is 36.4 Å². The molecule has 3 aromatic rings. The summed E-state index contributed by atoms with van der Waals surface area (Å²) in [6.45, 7) is 0. The van der Waals surface area contributed by atoms with E-state index < -0.39 is 5.97 Å². The topological polar surface area (TPSA) is 69.4 Å². The van der Waals surface area contributed by atoms with Gasteiger partial charge in [0, 0.05) is 5.56 Å². The number of hydrogen-bond donors (Lipinski definition) is 0. The van der Waals surface area contributed by atoms with Crippen molar-refractivity contribution in [1.29, 1.82) is 0 Å². The SMILES string of the molecule is COC(=O)c1noc(/C=C/c2ccccc2)c1C(=O)c1ccccc1. The Labute approximate surface area is 144 Å². The normalized spacial score (nSPS) is 10.8.